The molecular weight excluding hydrogens is 382 g/mol. The number of hydrogen-bond donors (Lipinski definition) is 1. The molecule has 1 heterocycles. The van der Waals surface area contributed by atoms with Gasteiger partial charge in [-0.1, -0.05) is 47.6 Å². The van der Waals surface area contributed by atoms with Gasteiger partial charge in [-0.3, -0.25) is 4.90 Å². The molecule has 1 aromatic heterocycles. The fourth-order valence-corrected chi connectivity index (χ4v) is 3.17. The Morgan fingerprint density at radius 1 is 1.13 bits per heavy atom. The van der Waals surface area contributed by atoms with Crippen LogP contribution in [0, 0.1) is 0 Å². The maximum Gasteiger partial charge on any atom is 0.228 e. The molecule has 2 aromatic carbocycles. The third-order valence-corrected chi connectivity index (χ3v) is 4.67. The highest BCUT2D eigenvalue weighted by molar-refractivity contribution is 5.56. The van der Waals surface area contributed by atoms with E-state index in [2.05, 4.69) is 27.2 Å². The van der Waals surface area contributed by atoms with Gasteiger partial charge < -0.3 is 19.1 Å². The Labute approximate surface area is 177 Å². The van der Waals surface area contributed by atoms with Gasteiger partial charge in [-0.05, 0) is 24.6 Å². The number of aromatic nitrogens is 2. The zero-order valence-electron chi connectivity index (χ0n) is 17.5. The molecule has 0 bridgehead atoms. The van der Waals surface area contributed by atoms with Gasteiger partial charge in [0.05, 0.1) is 19.8 Å². The minimum atomic E-state index is -0.552. The van der Waals surface area contributed by atoms with E-state index < -0.39 is 6.10 Å². The predicted molar refractivity (Wildman–Crippen MR) is 114 cm³/mol. The molecule has 7 nitrogen and oxygen atoms in total. The summed E-state index contributed by atoms with van der Waals surface area (Å²) in [6.07, 6.45) is 0.0363. The normalized spacial score (nSPS) is 12.3. The first-order valence-corrected chi connectivity index (χ1v) is 10.2. The van der Waals surface area contributed by atoms with Crippen molar-refractivity contribution in [3.63, 3.8) is 0 Å². The highest BCUT2D eigenvalue weighted by Crippen LogP contribution is 2.21. The molecule has 0 saturated carbocycles. The third-order valence-electron chi connectivity index (χ3n) is 4.67. The molecule has 0 saturated heterocycles. The average Bonchev–Trinajstić information content (AvgIpc) is 3.26. The molecule has 160 valence electrons. The second kappa shape index (κ2) is 11.4. The summed E-state index contributed by atoms with van der Waals surface area (Å²) < 4.78 is 16.1. The van der Waals surface area contributed by atoms with Gasteiger partial charge in [0.25, 0.3) is 0 Å². The second-order valence-electron chi connectivity index (χ2n) is 7.03. The van der Waals surface area contributed by atoms with E-state index in [1.54, 1.807) is 7.11 Å². The lowest BCUT2D eigenvalue weighted by atomic mass is 10.2. The van der Waals surface area contributed by atoms with Crippen molar-refractivity contribution in [1.82, 2.24) is 15.0 Å². The lowest BCUT2D eigenvalue weighted by Crippen LogP contribution is -2.36. The molecule has 1 atom stereocenters. The average molecular weight is 412 g/mol. The standard InChI is InChI=1S/C23H29N3O4/c1-3-29-17-20(27)16-26(15-18-8-5-4-6-9-18)13-12-22-24-23(25-30-22)19-10-7-11-21(14-19)28-2/h4-11,14,20,27H,3,12-13,15-17H2,1-2H3/t20-/m1/s1. The smallest absolute Gasteiger partial charge is 0.228 e. The molecule has 0 aliphatic rings. The van der Waals surface area contributed by atoms with E-state index >= 15 is 0 Å². The maximum absolute atomic E-state index is 10.3. The van der Waals surface area contributed by atoms with Gasteiger partial charge in [-0.15, -0.1) is 0 Å². The summed E-state index contributed by atoms with van der Waals surface area (Å²) in [7, 11) is 1.63. The minimum absolute atomic E-state index is 0.322. The lowest BCUT2D eigenvalue weighted by molar-refractivity contribution is 0.0194. The Bertz CT molecular complexity index is 885. The number of rotatable bonds is 12. The van der Waals surface area contributed by atoms with Crippen molar-refractivity contribution in [3.05, 3.63) is 66.1 Å². The molecule has 30 heavy (non-hydrogen) atoms. The third kappa shape index (κ3) is 6.66. The quantitative estimate of drug-likeness (QED) is 0.490. The van der Waals surface area contributed by atoms with E-state index in [0.717, 1.165) is 17.9 Å². The molecule has 0 spiro atoms. The second-order valence-corrected chi connectivity index (χ2v) is 7.03. The Morgan fingerprint density at radius 2 is 1.97 bits per heavy atom. The van der Waals surface area contributed by atoms with Crippen LogP contribution >= 0.6 is 0 Å². The van der Waals surface area contributed by atoms with E-state index in [0.29, 0.717) is 44.4 Å². The van der Waals surface area contributed by atoms with Crippen molar-refractivity contribution < 1.29 is 19.1 Å². The number of methoxy groups -OCH3 is 1. The fraction of sp³-hybridized carbons (Fsp3) is 0.391. The summed E-state index contributed by atoms with van der Waals surface area (Å²) >= 11 is 0. The van der Waals surface area contributed by atoms with Crippen LogP contribution in [0.5, 0.6) is 5.75 Å². The number of ether oxygens (including phenoxy) is 2. The molecule has 0 aliphatic heterocycles. The number of aliphatic hydroxyl groups is 1. The Morgan fingerprint density at radius 3 is 2.73 bits per heavy atom. The Hall–Kier alpha value is -2.74. The van der Waals surface area contributed by atoms with Crippen LogP contribution in [0.3, 0.4) is 0 Å². The predicted octanol–water partition coefficient (Wildman–Crippen LogP) is 3.19. The maximum atomic E-state index is 10.3. The van der Waals surface area contributed by atoms with E-state index in [1.807, 2.05) is 49.4 Å². The molecular formula is C23H29N3O4. The summed E-state index contributed by atoms with van der Waals surface area (Å²) in [4.78, 5) is 6.69. The zero-order chi connectivity index (χ0) is 21.2. The molecule has 0 unspecified atom stereocenters. The van der Waals surface area contributed by atoms with Crippen LogP contribution in [0.25, 0.3) is 11.4 Å². The van der Waals surface area contributed by atoms with Gasteiger partial charge >= 0.3 is 0 Å². The number of nitrogens with zero attached hydrogens (tertiary/aromatic N) is 3. The number of benzene rings is 2. The van der Waals surface area contributed by atoms with Gasteiger partial charge in [0.15, 0.2) is 0 Å². The number of aliphatic hydroxyl groups excluding tert-OH is 1. The van der Waals surface area contributed by atoms with Crippen molar-refractivity contribution in [2.24, 2.45) is 0 Å². The van der Waals surface area contributed by atoms with Gasteiger partial charge in [0.1, 0.15) is 5.75 Å². The van der Waals surface area contributed by atoms with Gasteiger partial charge in [0, 0.05) is 38.2 Å². The van der Waals surface area contributed by atoms with Crippen molar-refractivity contribution in [1.29, 1.82) is 0 Å². The number of hydrogen-bond acceptors (Lipinski definition) is 7. The van der Waals surface area contributed by atoms with E-state index in [4.69, 9.17) is 14.0 Å². The van der Waals surface area contributed by atoms with Crippen molar-refractivity contribution in [3.8, 4) is 17.1 Å². The molecule has 7 heteroatoms. The Kier molecular flexibility index (Phi) is 8.38. The van der Waals surface area contributed by atoms with Crippen molar-refractivity contribution in [2.75, 3.05) is 33.4 Å². The van der Waals surface area contributed by atoms with Gasteiger partial charge in [0.2, 0.25) is 11.7 Å². The summed E-state index contributed by atoms with van der Waals surface area (Å²) in [5.41, 5.74) is 2.03. The minimum Gasteiger partial charge on any atom is -0.497 e. The first-order chi connectivity index (χ1) is 14.7. The van der Waals surface area contributed by atoms with E-state index in [-0.39, 0.29) is 0 Å². The molecule has 3 aromatic rings. The molecule has 1 N–H and O–H groups in total. The topological polar surface area (TPSA) is 80.9 Å². The van der Waals surface area contributed by atoms with Crippen LogP contribution in [0.4, 0.5) is 0 Å². The van der Waals surface area contributed by atoms with Crippen LogP contribution < -0.4 is 4.74 Å². The molecule has 0 amide bonds. The molecule has 0 fully saturated rings. The van der Waals surface area contributed by atoms with Gasteiger partial charge in [-0.2, -0.15) is 4.98 Å². The van der Waals surface area contributed by atoms with Crippen molar-refractivity contribution >= 4 is 0 Å². The fourth-order valence-electron chi connectivity index (χ4n) is 3.17. The highest BCUT2D eigenvalue weighted by Gasteiger charge is 2.15. The monoisotopic (exact) mass is 411 g/mol. The van der Waals surface area contributed by atoms with Crippen molar-refractivity contribution in [2.45, 2.75) is 26.0 Å². The van der Waals surface area contributed by atoms with E-state index in [1.165, 1.54) is 5.56 Å². The van der Waals surface area contributed by atoms with Crippen LogP contribution in [0.1, 0.15) is 18.4 Å². The van der Waals surface area contributed by atoms with Gasteiger partial charge in [-0.25, -0.2) is 0 Å². The molecule has 0 aliphatic carbocycles. The highest BCUT2D eigenvalue weighted by atomic mass is 16.5. The van der Waals surface area contributed by atoms with Crippen LogP contribution in [-0.2, 0) is 17.7 Å². The Balaban J connectivity index is 1.63. The summed E-state index contributed by atoms with van der Waals surface area (Å²) in [5, 5.41) is 14.4. The van der Waals surface area contributed by atoms with Crippen LogP contribution in [0.15, 0.2) is 59.1 Å². The van der Waals surface area contributed by atoms with Crippen LogP contribution in [-0.4, -0.2) is 59.7 Å². The molecule has 3 rings (SSSR count). The zero-order valence-corrected chi connectivity index (χ0v) is 17.5. The summed E-state index contributed by atoms with van der Waals surface area (Å²) in [5.74, 6) is 1.84. The SMILES string of the molecule is CCOC[C@H](O)CN(CCc1nc(-c2cccc(OC)c2)no1)Cc1ccccc1. The molecule has 0 radical (unpaired) electrons. The first-order valence-electron chi connectivity index (χ1n) is 10.2. The first kappa shape index (κ1) is 22.0. The summed E-state index contributed by atoms with van der Waals surface area (Å²) in [6, 6.07) is 17.8. The largest absolute Gasteiger partial charge is 0.497 e. The lowest BCUT2D eigenvalue weighted by Gasteiger charge is -2.24. The summed E-state index contributed by atoms with van der Waals surface area (Å²) in [6.45, 7) is 4.74. The van der Waals surface area contributed by atoms with E-state index in [9.17, 15) is 5.11 Å². The van der Waals surface area contributed by atoms with Crippen LogP contribution in [0.2, 0.25) is 0 Å².